The number of ether oxygens (including phenoxy) is 1. The number of carbonyl (C=O) groups is 1. The summed E-state index contributed by atoms with van der Waals surface area (Å²) in [7, 11) is 0. The molecule has 1 aromatic carbocycles. The van der Waals surface area contributed by atoms with E-state index in [1.54, 1.807) is 0 Å². The van der Waals surface area contributed by atoms with Gasteiger partial charge in [-0.25, -0.2) is 0 Å². The fourth-order valence-corrected chi connectivity index (χ4v) is 2.56. The molecule has 1 aliphatic heterocycles. The van der Waals surface area contributed by atoms with Crippen molar-refractivity contribution in [2.24, 2.45) is 0 Å². The Labute approximate surface area is 121 Å². The molecule has 4 nitrogen and oxygen atoms in total. The molecule has 1 aromatic rings. The molecule has 1 N–H and O–H groups in total. The maximum Gasteiger partial charge on any atom is 0.224 e. The van der Waals surface area contributed by atoms with Crippen molar-refractivity contribution in [1.29, 1.82) is 0 Å². The molecule has 0 bridgehead atoms. The predicted molar refractivity (Wildman–Crippen MR) is 79.5 cm³/mol. The average Bonchev–Trinajstić information content (AvgIpc) is 2.48. The fraction of sp³-hybridized carbons (Fsp3) is 0.562. The van der Waals surface area contributed by atoms with Gasteiger partial charge in [-0.3, -0.25) is 4.79 Å². The molecule has 1 aliphatic rings. The van der Waals surface area contributed by atoms with Crippen LogP contribution in [0, 0.1) is 0 Å². The lowest BCUT2D eigenvalue weighted by atomic mass is 10.1. The zero-order chi connectivity index (χ0) is 14.4. The summed E-state index contributed by atoms with van der Waals surface area (Å²) >= 11 is 0. The first kappa shape index (κ1) is 15.0. The van der Waals surface area contributed by atoms with Gasteiger partial charge in [-0.1, -0.05) is 37.3 Å². The molecule has 0 aliphatic carbocycles. The topological polar surface area (TPSA) is 41.6 Å². The van der Waals surface area contributed by atoms with Crippen molar-refractivity contribution < 1.29 is 9.53 Å². The highest BCUT2D eigenvalue weighted by atomic mass is 16.5. The molecule has 20 heavy (non-hydrogen) atoms. The number of nitrogens with one attached hydrogen (secondary N) is 1. The first-order valence-electron chi connectivity index (χ1n) is 7.38. The van der Waals surface area contributed by atoms with Gasteiger partial charge in [0.05, 0.1) is 13.2 Å². The summed E-state index contributed by atoms with van der Waals surface area (Å²) in [5.41, 5.74) is 1.14. The van der Waals surface area contributed by atoms with Crippen LogP contribution in [0.15, 0.2) is 30.3 Å². The Hall–Kier alpha value is -1.39. The first-order valence-corrected chi connectivity index (χ1v) is 7.38. The molecule has 4 heteroatoms. The Morgan fingerprint density at radius 3 is 2.90 bits per heavy atom. The highest BCUT2D eigenvalue weighted by molar-refractivity contribution is 5.77. The van der Waals surface area contributed by atoms with E-state index in [-0.39, 0.29) is 18.1 Å². The summed E-state index contributed by atoms with van der Waals surface area (Å²) in [6.45, 7) is 6.96. The van der Waals surface area contributed by atoms with Gasteiger partial charge in [0.25, 0.3) is 0 Å². The summed E-state index contributed by atoms with van der Waals surface area (Å²) in [5.74, 6) is 0.211. The van der Waals surface area contributed by atoms with Crippen LogP contribution in [0.1, 0.15) is 31.9 Å². The predicted octanol–water partition coefficient (Wildman–Crippen LogP) is 1.97. The number of rotatable bonds is 5. The summed E-state index contributed by atoms with van der Waals surface area (Å²) in [4.78, 5) is 14.2. The van der Waals surface area contributed by atoms with Crippen molar-refractivity contribution in [1.82, 2.24) is 10.2 Å². The van der Waals surface area contributed by atoms with Gasteiger partial charge in [0.2, 0.25) is 5.91 Å². The van der Waals surface area contributed by atoms with Gasteiger partial charge in [-0.2, -0.15) is 0 Å². The van der Waals surface area contributed by atoms with Crippen molar-refractivity contribution in [2.75, 3.05) is 26.2 Å². The molecule has 2 rings (SSSR count). The Kier molecular flexibility index (Phi) is 5.56. The number of hydrogen-bond acceptors (Lipinski definition) is 3. The number of hydrogen-bond donors (Lipinski definition) is 1. The van der Waals surface area contributed by atoms with E-state index < -0.39 is 0 Å². The van der Waals surface area contributed by atoms with E-state index in [9.17, 15) is 4.79 Å². The van der Waals surface area contributed by atoms with Crippen LogP contribution in [-0.2, 0) is 9.53 Å². The molecule has 110 valence electrons. The first-order chi connectivity index (χ1) is 9.70. The zero-order valence-electron chi connectivity index (χ0n) is 12.3. The highest BCUT2D eigenvalue weighted by Crippen LogP contribution is 2.22. The number of carbonyl (C=O) groups excluding carboxylic acids is 1. The molecule has 1 saturated heterocycles. The average molecular weight is 276 g/mol. The van der Waals surface area contributed by atoms with Gasteiger partial charge in [0.1, 0.15) is 6.10 Å². The minimum absolute atomic E-state index is 0.00309. The number of morpholine rings is 1. The summed E-state index contributed by atoms with van der Waals surface area (Å²) in [6, 6.07) is 10.3. The summed E-state index contributed by atoms with van der Waals surface area (Å²) < 4.78 is 5.79. The maximum absolute atomic E-state index is 12.3. The van der Waals surface area contributed by atoms with Gasteiger partial charge in [0, 0.05) is 19.0 Å². The van der Waals surface area contributed by atoms with E-state index in [1.807, 2.05) is 23.1 Å². The molecule has 0 saturated carbocycles. The minimum Gasteiger partial charge on any atom is -0.370 e. The molecule has 2 atom stereocenters. The number of benzene rings is 1. The van der Waals surface area contributed by atoms with Crippen LogP contribution < -0.4 is 5.32 Å². The Morgan fingerprint density at radius 2 is 2.20 bits per heavy atom. The molecule has 1 fully saturated rings. The lowest BCUT2D eigenvalue weighted by Gasteiger charge is -2.34. The zero-order valence-corrected chi connectivity index (χ0v) is 12.3. The molecular formula is C16H24N2O2. The number of amides is 1. The van der Waals surface area contributed by atoms with Crippen LogP contribution in [0.25, 0.3) is 0 Å². The van der Waals surface area contributed by atoms with Crippen LogP contribution in [0.4, 0.5) is 0 Å². The molecule has 2 unspecified atom stereocenters. The summed E-state index contributed by atoms with van der Waals surface area (Å²) in [5, 5.41) is 3.28. The molecule has 0 aromatic heterocycles. The maximum atomic E-state index is 12.3. The quantitative estimate of drug-likeness (QED) is 0.894. The third kappa shape index (κ3) is 4.05. The van der Waals surface area contributed by atoms with Crippen molar-refractivity contribution in [2.45, 2.75) is 32.4 Å². The molecule has 0 spiro atoms. The van der Waals surface area contributed by atoms with Crippen molar-refractivity contribution in [3.05, 3.63) is 35.9 Å². The van der Waals surface area contributed by atoms with Gasteiger partial charge in [0.15, 0.2) is 0 Å². The molecular weight excluding hydrogens is 252 g/mol. The molecule has 1 heterocycles. The van der Waals surface area contributed by atoms with Crippen molar-refractivity contribution in [3.63, 3.8) is 0 Å². The molecule has 0 radical (unpaired) electrons. The van der Waals surface area contributed by atoms with Crippen LogP contribution in [0.2, 0.25) is 0 Å². The molecule has 1 amide bonds. The smallest absolute Gasteiger partial charge is 0.224 e. The SMILES string of the molecule is CCNC(C)CC(=O)N1CCOC(c2ccccc2)C1. The van der Waals surface area contributed by atoms with Crippen LogP contribution in [-0.4, -0.2) is 43.1 Å². The van der Waals surface area contributed by atoms with Crippen LogP contribution >= 0.6 is 0 Å². The second-order valence-corrected chi connectivity index (χ2v) is 5.27. The second-order valence-electron chi connectivity index (χ2n) is 5.27. The van der Waals surface area contributed by atoms with Gasteiger partial charge in [-0.15, -0.1) is 0 Å². The van der Waals surface area contributed by atoms with Crippen molar-refractivity contribution >= 4 is 5.91 Å². The lowest BCUT2D eigenvalue weighted by Crippen LogP contribution is -2.44. The highest BCUT2D eigenvalue weighted by Gasteiger charge is 2.25. The Balaban J connectivity index is 1.91. The number of nitrogens with zero attached hydrogens (tertiary/aromatic N) is 1. The Morgan fingerprint density at radius 1 is 1.45 bits per heavy atom. The van der Waals surface area contributed by atoms with E-state index in [4.69, 9.17) is 4.74 Å². The van der Waals surface area contributed by atoms with E-state index in [1.165, 1.54) is 0 Å². The van der Waals surface area contributed by atoms with Gasteiger partial charge in [-0.05, 0) is 19.0 Å². The van der Waals surface area contributed by atoms with Crippen molar-refractivity contribution in [3.8, 4) is 0 Å². The van der Waals surface area contributed by atoms with E-state index in [0.29, 0.717) is 26.1 Å². The van der Waals surface area contributed by atoms with Gasteiger partial charge >= 0.3 is 0 Å². The van der Waals surface area contributed by atoms with Crippen LogP contribution in [0.3, 0.4) is 0 Å². The third-order valence-electron chi connectivity index (χ3n) is 3.62. The van der Waals surface area contributed by atoms with E-state index >= 15 is 0 Å². The monoisotopic (exact) mass is 276 g/mol. The second kappa shape index (κ2) is 7.41. The minimum atomic E-state index is 0.00309. The summed E-state index contributed by atoms with van der Waals surface area (Å²) in [6.07, 6.45) is 0.554. The fourth-order valence-electron chi connectivity index (χ4n) is 2.56. The lowest BCUT2D eigenvalue weighted by molar-refractivity contribution is -0.139. The van der Waals surface area contributed by atoms with Gasteiger partial charge < -0.3 is 15.0 Å². The normalized spacial score (nSPS) is 20.7. The van der Waals surface area contributed by atoms with Crippen LogP contribution in [0.5, 0.6) is 0 Å². The largest absolute Gasteiger partial charge is 0.370 e. The standard InChI is InChI=1S/C16H24N2O2/c1-3-17-13(2)11-16(19)18-9-10-20-15(12-18)14-7-5-4-6-8-14/h4-8,13,15,17H,3,9-12H2,1-2H3. The third-order valence-corrected chi connectivity index (χ3v) is 3.62. The Bertz CT molecular complexity index is 422. The van der Waals surface area contributed by atoms with E-state index in [0.717, 1.165) is 12.1 Å². The van der Waals surface area contributed by atoms with E-state index in [2.05, 4.69) is 31.3 Å².